The first-order valence-electron chi connectivity index (χ1n) is 9.96. The van der Waals surface area contributed by atoms with E-state index in [1.165, 1.54) is 11.1 Å². The van der Waals surface area contributed by atoms with Gasteiger partial charge in [-0.25, -0.2) is 0 Å². The maximum atomic E-state index is 12.3. The van der Waals surface area contributed by atoms with Crippen LogP contribution in [0.1, 0.15) is 59.3 Å². The van der Waals surface area contributed by atoms with E-state index in [4.69, 9.17) is 4.74 Å². The molecule has 4 aliphatic rings. The van der Waals surface area contributed by atoms with Crippen LogP contribution in [0.25, 0.3) is 0 Å². The van der Waals surface area contributed by atoms with Gasteiger partial charge in [0.15, 0.2) is 0 Å². The standard InChI is InChI=1S/C22H30O4/c1-14(23)16-6-9-21(3)17-5-4-15-12-26-13-22(15,11-8-19(24)25)18(17)7-10-20(16,21)2/h5,7,15-16H,4,6,8-13H2,1-3H3,(H,24,25)/t15-,16+,20+,21-,22+/m0/s1. The molecule has 5 atom stereocenters. The van der Waals surface area contributed by atoms with Crippen molar-refractivity contribution in [2.24, 2.45) is 28.1 Å². The minimum absolute atomic E-state index is 0.00277. The zero-order valence-electron chi connectivity index (χ0n) is 16.1. The van der Waals surface area contributed by atoms with E-state index in [0.29, 0.717) is 24.7 Å². The first-order chi connectivity index (χ1) is 12.2. The highest BCUT2D eigenvalue weighted by atomic mass is 16.5. The molecule has 4 nitrogen and oxygen atoms in total. The number of Topliss-reactive ketones (excluding diaryl/α,β-unsaturated/α-hetero) is 1. The topological polar surface area (TPSA) is 63.6 Å². The summed E-state index contributed by atoms with van der Waals surface area (Å²) >= 11 is 0. The predicted molar refractivity (Wildman–Crippen MR) is 98.6 cm³/mol. The summed E-state index contributed by atoms with van der Waals surface area (Å²) in [6.07, 6.45) is 9.44. The van der Waals surface area contributed by atoms with E-state index in [2.05, 4.69) is 26.0 Å². The van der Waals surface area contributed by atoms with Gasteiger partial charge in [-0.1, -0.05) is 26.0 Å². The lowest BCUT2D eigenvalue weighted by atomic mass is 9.49. The minimum Gasteiger partial charge on any atom is -0.481 e. The number of allylic oxidation sites excluding steroid dienone is 3. The zero-order valence-corrected chi connectivity index (χ0v) is 16.1. The quantitative estimate of drug-likeness (QED) is 0.820. The lowest BCUT2D eigenvalue weighted by molar-refractivity contribution is -0.137. The Hall–Kier alpha value is -1.42. The number of carbonyl (C=O) groups excluding carboxylic acids is 1. The average molecular weight is 358 g/mol. The van der Waals surface area contributed by atoms with Crippen LogP contribution in [0, 0.1) is 28.1 Å². The van der Waals surface area contributed by atoms with Gasteiger partial charge in [0.2, 0.25) is 0 Å². The number of hydrogen-bond donors (Lipinski definition) is 1. The van der Waals surface area contributed by atoms with Gasteiger partial charge in [0.25, 0.3) is 0 Å². The summed E-state index contributed by atoms with van der Waals surface area (Å²) in [6, 6.07) is 0. The molecule has 1 heterocycles. The summed E-state index contributed by atoms with van der Waals surface area (Å²) < 4.78 is 5.88. The van der Waals surface area contributed by atoms with Gasteiger partial charge in [0.05, 0.1) is 13.2 Å². The second-order valence-corrected chi connectivity index (χ2v) is 9.39. The van der Waals surface area contributed by atoms with E-state index >= 15 is 0 Å². The molecule has 1 aliphatic heterocycles. The number of ether oxygens (including phenoxy) is 1. The van der Waals surface area contributed by atoms with Crippen LogP contribution in [-0.4, -0.2) is 30.1 Å². The molecular weight excluding hydrogens is 328 g/mol. The van der Waals surface area contributed by atoms with Crippen molar-refractivity contribution in [1.29, 1.82) is 0 Å². The molecule has 26 heavy (non-hydrogen) atoms. The third-order valence-corrected chi connectivity index (χ3v) is 8.46. The van der Waals surface area contributed by atoms with E-state index in [9.17, 15) is 14.7 Å². The third-order valence-electron chi connectivity index (χ3n) is 8.46. The molecule has 0 aromatic heterocycles. The Labute approximate surface area is 155 Å². The zero-order chi connectivity index (χ0) is 18.7. The highest BCUT2D eigenvalue weighted by Crippen LogP contribution is 2.69. The maximum absolute atomic E-state index is 12.3. The molecule has 0 bridgehead atoms. The number of fused-ring (bicyclic) bond motifs is 5. The molecule has 0 unspecified atom stereocenters. The van der Waals surface area contributed by atoms with Gasteiger partial charge in [-0.2, -0.15) is 0 Å². The van der Waals surface area contributed by atoms with E-state index in [-0.39, 0.29) is 28.6 Å². The van der Waals surface area contributed by atoms with Crippen LogP contribution >= 0.6 is 0 Å². The smallest absolute Gasteiger partial charge is 0.303 e. The summed E-state index contributed by atoms with van der Waals surface area (Å²) in [6.45, 7) is 7.74. The van der Waals surface area contributed by atoms with Crippen molar-refractivity contribution in [2.45, 2.75) is 59.3 Å². The van der Waals surface area contributed by atoms with Gasteiger partial charge in [-0.3, -0.25) is 9.59 Å². The molecule has 1 saturated heterocycles. The molecule has 3 aliphatic carbocycles. The van der Waals surface area contributed by atoms with Gasteiger partial charge in [-0.15, -0.1) is 0 Å². The van der Waals surface area contributed by atoms with Crippen LogP contribution in [-0.2, 0) is 14.3 Å². The van der Waals surface area contributed by atoms with Crippen LogP contribution in [0.2, 0.25) is 0 Å². The lowest BCUT2D eigenvalue weighted by Gasteiger charge is -2.54. The maximum Gasteiger partial charge on any atom is 0.303 e. The number of rotatable bonds is 4. The normalized spacial score (nSPS) is 43.8. The monoisotopic (exact) mass is 358 g/mol. The molecular formula is C22H30O4. The molecule has 2 fully saturated rings. The molecule has 4 rings (SSSR count). The molecule has 0 aromatic rings. The summed E-state index contributed by atoms with van der Waals surface area (Å²) in [4.78, 5) is 23.6. The van der Waals surface area contributed by atoms with E-state index in [0.717, 1.165) is 32.3 Å². The van der Waals surface area contributed by atoms with Gasteiger partial charge < -0.3 is 9.84 Å². The van der Waals surface area contributed by atoms with Gasteiger partial charge in [-0.05, 0) is 66.9 Å². The molecule has 0 spiro atoms. The fraction of sp³-hybridized carbons (Fsp3) is 0.727. The Morgan fingerprint density at radius 1 is 1.27 bits per heavy atom. The third kappa shape index (κ3) is 2.17. The Bertz CT molecular complexity index is 720. The van der Waals surface area contributed by atoms with Crippen molar-refractivity contribution in [3.05, 3.63) is 23.3 Å². The van der Waals surface area contributed by atoms with E-state index in [1.54, 1.807) is 6.92 Å². The van der Waals surface area contributed by atoms with Gasteiger partial charge in [0.1, 0.15) is 5.78 Å². The largest absolute Gasteiger partial charge is 0.481 e. The van der Waals surface area contributed by atoms with Crippen LogP contribution in [0.4, 0.5) is 0 Å². The minimum atomic E-state index is -0.730. The molecule has 1 saturated carbocycles. The highest BCUT2D eigenvalue weighted by Gasteiger charge is 2.62. The summed E-state index contributed by atoms with van der Waals surface area (Å²) in [5, 5.41) is 9.28. The molecule has 1 N–H and O–H groups in total. The second-order valence-electron chi connectivity index (χ2n) is 9.39. The number of carboxylic acid groups (broad SMARTS) is 1. The van der Waals surface area contributed by atoms with Crippen molar-refractivity contribution >= 4 is 11.8 Å². The fourth-order valence-corrected chi connectivity index (χ4v) is 6.66. The Morgan fingerprint density at radius 3 is 2.73 bits per heavy atom. The Morgan fingerprint density at radius 2 is 2.04 bits per heavy atom. The van der Waals surface area contributed by atoms with Crippen LogP contribution in [0.3, 0.4) is 0 Å². The number of carbonyl (C=O) groups is 2. The van der Waals surface area contributed by atoms with Crippen molar-refractivity contribution in [3.63, 3.8) is 0 Å². The molecule has 0 aromatic carbocycles. The number of hydrogen-bond acceptors (Lipinski definition) is 3. The highest BCUT2D eigenvalue weighted by molar-refractivity contribution is 5.80. The second kappa shape index (κ2) is 5.79. The molecule has 0 amide bonds. The first kappa shape index (κ1) is 18.0. The summed E-state index contributed by atoms with van der Waals surface area (Å²) in [7, 11) is 0. The molecule has 4 heteroatoms. The SMILES string of the molecule is CC(=O)[C@H]1CC[C@@]2(C)C3=CC[C@H]4COC[C@@]4(CCC(=O)O)C3=CC[C@]12C. The van der Waals surface area contributed by atoms with Gasteiger partial charge in [0, 0.05) is 17.8 Å². The predicted octanol–water partition coefficient (Wildman–Crippen LogP) is 4.16. The number of aliphatic carboxylic acids is 1. The number of ketones is 1. The summed E-state index contributed by atoms with van der Waals surface area (Å²) in [5.41, 5.74) is 2.55. The van der Waals surface area contributed by atoms with Crippen molar-refractivity contribution in [2.75, 3.05) is 13.2 Å². The van der Waals surface area contributed by atoms with E-state index < -0.39 is 5.97 Å². The van der Waals surface area contributed by atoms with Crippen molar-refractivity contribution < 1.29 is 19.4 Å². The fourth-order valence-electron chi connectivity index (χ4n) is 6.66. The first-order valence-corrected chi connectivity index (χ1v) is 9.96. The van der Waals surface area contributed by atoms with Crippen molar-refractivity contribution in [1.82, 2.24) is 0 Å². The van der Waals surface area contributed by atoms with Crippen LogP contribution < -0.4 is 0 Å². The Kier molecular flexibility index (Phi) is 4.00. The van der Waals surface area contributed by atoms with Gasteiger partial charge >= 0.3 is 5.97 Å². The average Bonchev–Trinajstić information content (AvgIpc) is 3.12. The van der Waals surface area contributed by atoms with E-state index in [1.807, 2.05) is 0 Å². The van der Waals surface area contributed by atoms with Crippen LogP contribution in [0.5, 0.6) is 0 Å². The number of carboxylic acids is 1. The Balaban J connectivity index is 1.78. The van der Waals surface area contributed by atoms with Crippen LogP contribution in [0.15, 0.2) is 23.3 Å². The van der Waals surface area contributed by atoms with Crippen molar-refractivity contribution in [3.8, 4) is 0 Å². The summed E-state index contributed by atoms with van der Waals surface area (Å²) in [5.74, 6) is 0.0896. The molecule has 0 radical (unpaired) electrons. The lowest BCUT2D eigenvalue weighted by Crippen LogP contribution is -2.48. The molecule has 142 valence electrons.